The van der Waals surface area contributed by atoms with Crippen LogP contribution >= 0.6 is 0 Å². The van der Waals surface area contributed by atoms with Crippen molar-refractivity contribution in [1.29, 1.82) is 0 Å². The lowest BCUT2D eigenvalue weighted by molar-refractivity contribution is 0.102. The van der Waals surface area contributed by atoms with E-state index in [0.29, 0.717) is 5.69 Å². The molecule has 0 N–H and O–H groups in total. The first-order valence-electron chi connectivity index (χ1n) is 5.76. The van der Waals surface area contributed by atoms with Crippen LogP contribution in [0.15, 0.2) is 30.3 Å². The summed E-state index contributed by atoms with van der Waals surface area (Å²) in [6.45, 7) is 3.98. The van der Waals surface area contributed by atoms with Gasteiger partial charge >= 0.3 is 0 Å². The van der Waals surface area contributed by atoms with Crippen molar-refractivity contribution >= 4 is 5.78 Å². The number of hydrogen-bond donors (Lipinski definition) is 0. The Labute approximate surface area is 101 Å². The first-order valence-corrected chi connectivity index (χ1v) is 5.76. The molecule has 0 amide bonds. The third kappa shape index (κ3) is 2.13. The summed E-state index contributed by atoms with van der Waals surface area (Å²) < 4.78 is 1.66. The summed E-state index contributed by atoms with van der Waals surface area (Å²) >= 11 is 0. The highest BCUT2D eigenvalue weighted by atomic mass is 16.1. The average molecular weight is 228 g/mol. The van der Waals surface area contributed by atoms with Gasteiger partial charge in [-0.1, -0.05) is 31.2 Å². The molecule has 0 atom stereocenters. The third-order valence-electron chi connectivity index (χ3n) is 2.91. The Morgan fingerprint density at radius 3 is 2.65 bits per heavy atom. The minimum absolute atomic E-state index is 0.0396. The fraction of sp³-hybridized carbons (Fsp3) is 0.286. The van der Waals surface area contributed by atoms with Crippen LogP contribution < -0.4 is 0 Å². The van der Waals surface area contributed by atoms with Gasteiger partial charge in [0.2, 0.25) is 5.78 Å². The van der Waals surface area contributed by atoms with Gasteiger partial charge in [0.1, 0.15) is 5.69 Å². The van der Waals surface area contributed by atoms with Crippen molar-refractivity contribution in [2.24, 2.45) is 7.05 Å². The first-order chi connectivity index (χ1) is 8.13. The van der Waals surface area contributed by atoms with Crippen LogP contribution in [0.1, 0.15) is 34.2 Å². The highest BCUT2D eigenvalue weighted by molar-refractivity contribution is 6.08. The Morgan fingerprint density at radius 1 is 1.35 bits per heavy atom. The summed E-state index contributed by atoms with van der Waals surface area (Å²) in [4.78, 5) is 12.4. The maximum atomic E-state index is 12.4. The SMILES string of the molecule is CCc1cc(C(=O)c2ccccc2C)n(C)n1. The molecule has 0 unspecified atom stereocenters. The van der Waals surface area contributed by atoms with Gasteiger partial charge in [-0.15, -0.1) is 0 Å². The molecule has 0 aliphatic rings. The summed E-state index contributed by atoms with van der Waals surface area (Å²) in [7, 11) is 1.81. The van der Waals surface area contributed by atoms with Crippen molar-refractivity contribution in [3.05, 3.63) is 52.8 Å². The monoisotopic (exact) mass is 228 g/mol. The molecule has 0 aliphatic heterocycles. The van der Waals surface area contributed by atoms with E-state index in [1.165, 1.54) is 0 Å². The third-order valence-corrected chi connectivity index (χ3v) is 2.91. The molecule has 0 fully saturated rings. The number of aromatic nitrogens is 2. The van der Waals surface area contributed by atoms with Crippen LogP contribution in [0.4, 0.5) is 0 Å². The molecule has 0 bridgehead atoms. The molecular weight excluding hydrogens is 212 g/mol. The predicted octanol–water partition coefficient (Wildman–Crippen LogP) is 2.52. The second-order valence-electron chi connectivity index (χ2n) is 4.14. The molecular formula is C14H16N2O. The van der Waals surface area contributed by atoms with Gasteiger partial charge in [0.15, 0.2) is 0 Å². The second-order valence-corrected chi connectivity index (χ2v) is 4.14. The molecule has 0 radical (unpaired) electrons. The maximum Gasteiger partial charge on any atom is 0.211 e. The Hall–Kier alpha value is -1.90. The fourth-order valence-electron chi connectivity index (χ4n) is 1.88. The maximum absolute atomic E-state index is 12.4. The molecule has 3 heteroatoms. The predicted molar refractivity (Wildman–Crippen MR) is 67.2 cm³/mol. The van der Waals surface area contributed by atoms with Gasteiger partial charge in [-0.05, 0) is 25.0 Å². The zero-order chi connectivity index (χ0) is 12.4. The molecule has 0 saturated carbocycles. The number of nitrogens with zero attached hydrogens (tertiary/aromatic N) is 2. The Kier molecular flexibility index (Phi) is 3.09. The van der Waals surface area contributed by atoms with Gasteiger partial charge < -0.3 is 0 Å². The van der Waals surface area contributed by atoms with E-state index in [4.69, 9.17) is 0 Å². The van der Waals surface area contributed by atoms with Crippen molar-refractivity contribution in [2.45, 2.75) is 20.3 Å². The highest BCUT2D eigenvalue weighted by Crippen LogP contribution is 2.14. The quantitative estimate of drug-likeness (QED) is 0.757. The second kappa shape index (κ2) is 4.53. The number of carbonyl (C=O) groups excluding carboxylic acids is 1. The number of rotatable bonds is 3. The van der Waals surface area contributed by atoms with Crippen LogP contribution in [0.5, 0.6) is 0 Å². The number of aryl methyl sites for hydroxylation is 3. The fourth-order valence-corrected chi connectivity index (χ4v) is 1.88. The summed E-state index contributed by atoms with van der Waals surface area (Å²) in [6.07, 6.45) is 0.842. The van der Waals surface area contributed by atoms with E-state index in [2.05, 4.69) is 5.10 Å². The molecule has 1 aromatic carbocycles. The van der Waals surface area contributed by atoms with E-state index in [-0.39, 0.29) is 5.78 Å². The zero-order valence-corrected chi connectivity index (χ0v) is 10.4. The summed E-state index contributed by atoms with van der Waals surface area (Å²) in [5, 5.41) is 4.30. The number of hydrogen-bond acceptors (Lipinski definition) is 2. The van der Waals surface area contributed by atoms with E-state index >= 15 is 0 Å². The molecule has 1 aromatic heterocycles. The summed E-state index contributed by atoms with van der Waals surface area (Å²) in [6, 6.07) is 9.50. The minimum Gasteiger partial charge on any atom is -0.287 e. The van der Waals surface area contributed by atoms with Crippen molar-refractivity contribution in [1.82, 2.24) is 9.78 Å². The van der Waals surface area contributed by atoms with E-state index in [1.807, 2.05) is 51.2 Å². The number of carbonyl (C=O) groups is 1. The van der Waals surface area contributed by atoms with Crippen molar-refractivity contribution < 1.29 is 4.79 Å². The van der Waals surface area contributed by atoms with E-state index in [0.717, 1.165) is 23.2 Å². The molecule has 88 valence electrons. The smallest absolute Gasteiger partial charge is 0.211 e. The number of ketones is 1. The molecule has 0 saturated heterocycles. The van der Waals surface area contributed by atoms with E-state index in [9.17, 15) is 4.79 Å². The normalized spacial score (nSPS) is 10.5. The summed E-state index contributed by atoms with van der Waals surface area (Å²) in [5.41, 5.74) is 3.34. The molecule has 2 aromatic rings. The summed E-state index contributed by atoms with van der Waals surface area (Å²) in [5.74, 6) is 0.0396. The lowest BCUT2D eigenvalue weighted by Gasteiger charge is -2.04. The van der Waals surface area contributed by atoms with Crippen molar-refractivity contribution in [2.75, 3.05) is 0 Å². The van der Waals surface area contributed by atoms with Crippen LogP contribution in [-0.2, 0) is 13.5 Å². The molecule has 2 rings (SSSR count). The first kappa shape index (κ1) is 11.6. The van der Waals surface area contributed by atoms with Crippen molar-refractivity contribution in [3.63, 3.8) is 0 Å². The van der Waals surface area contributed by atoms with Gasteiger partial charge in [0, 0.05) is 12.6 Å². The standard InChI is InChI=1S/C14H16N2O/c1-4-11-9-13(16(3)15-11)14(17)12-8-6-5-7-10(12)2/h5-9H,4H2,1-3H3. The van der Waals surface area contributed by atoms with Gasteiger partial charge in [0.05, 0.1) is 5.69 Å². The average Bonchev–Trinajstić information content (AvgIpc) is 2.70. The van der Waals surface area contributed by atoms with Crippen LogP contribution in [0.2, 0.25) is 0 Å². The van der Waals surface area contributed by atoms with Crippen LogP contribution in [0.3, 0.4) is 0 Å². The Bertz CT molecular complexity index is 555. The van der Waals surface area contributed by atoms with Gasteiger partial charge in [-0.25, -0.2) is 0 Å². The largest absolute Gasteiger partial charge is 0.287 e. The Balaban J connectivity index is 2.44. The van der Waals surface area contributed by atoms with Gasteiger partial charge in [-0.3, -0.25) is 9.48 Å². The number of benzene rings is 1. The lowest BCUT2D eigenvalue weighted by atomic mass is 10.0. The van der Waals surface area contributed by atoms with E-state index < -0.39 is 0 Å². The topological polar surface area (TPSA) is 34.9 Å². The van der Waals surface area contributed by atoms with Crippen LogP contribution in [-0.4, -0.2) is 15.6 Å². The highest BCUT2D eigenvalue weighted by Gasteiger charge is 2.16. The Morgan fingerprint density at radius 2 is 2.06 bits per heavy atom. The lowest BCUT2D eigenvalue weighted by Crippen LogP contribution is -2.09. The molecule has 3 nitrogen and oxygen atoms in total. The molecule has 17 heavy (non-hydrogen) atoms. The van der Waals surface area contributed by atoms with Gasteiger partial charge in [0.25, 0.3) is 0 Å². The molecule has 1 heterocycles. The van der Waals surface area contributed by atoms with Gasteiger partial charge in [-0.2, -0.15) is 5.10 Å². The minimum atomic E-state index is 0.0396. The molecule has 0 spiro atoms. The molecule has 0 aliphatic carbocycles. The van der Waals surface area contributed by atoms with Crippen molar-refractivity contribution in [3.8, 4) is 0 Å². The van der Waals surface area contributed by atoms with Crippen LogP contribution in [0.25, 0.3) is 0 Å². The van der Waals surface area contributed by atoms with Crippen LogP contribution in [0, 0.1) is 6.92 Å². The zero-order valence-electron chi connectivity index (χ0n) is 10.4. The van der Waals surface area contributed by atoms with E-state index in [1.54, 1.807) is 4.68 Å².